The third-order valence-corrected chi connectivity index (χ3v) is 13.4. The second kappa shape index (κ2) is 9.82. The van der Waals surface area contributed by atoms with Crippen LogP contribution in [0.15, 0.2) is 11.6 Å². The summed E-state index contributed by atoms with van der Waals surface area (Å²) in [5.74, 6) is -0.322. The van der Waals surface area contributed by atoms with Crippen LogP contribution in [-0.4, -0.2) is 45.9 Å². The second-order valence-electron chi connectivity index (χ2n) is 15.8. The van der Waals surface area contributed by atoms with Crippen LogP contribution >= 0.6 is 0 Å². The fraction of sp³-hybridized carbons (Fsp3) is 0.853. The molecule has 0 heterocycles. The minimum atomic E-state index is -0.977. The predicted octanol–water partition coefficient (Wildman–Crippen LogP) is 6.32. The molecule has 5 aliphatic carbocycles. The topological polar surface area (TPSA) is 110 Å². The van der Waals surface area contributed by atoms with Gasteiger partial charge >= 0.3 is 17.9 Å². The predicted molar refractivity (Wildman–Crippen MR) is 155 cm³/mol. The number of rotatable bonds is 5. The van der Waals surface area contributed by atoms with Gasteiger partial charge in [0.05, 0.1) is 12.0 Å². The highest BCUT2D eigenvalue weighted by Gasteiger charge is 2.70. The van der Waals surface area contributed by atoms with Crippen LogP contribution in [0.2, 0.25) is 0 Å². The molecule has 0 spiro atoms. The third kappa shape index (κ3) is 4.25. The van der Waals surface area contributed by atoms with E-state index in [0.717, 1.165) is 38.5 Å². The van der Waals surface area contributed by atoms with Gasteiger partial charge in [0.25, 0.3) is 0 Å². The van der Waals surface area contributed by atoms with Crippen molar-refractivity contribution in [3.63, 3.8) is 0 Å². The zero-order valence-corrected chi connectivity index (χ0v) is 26.4. The minimum Gasteiger partial charge on any atom is -0.481 e. The molecule has 0 bridgehead atoms. The van der Waals surface area contributed by atoms with Crippen molar-refractivity contribution >= 4 is 17.9 Å². The van der Waals surface area contributed by atoms with Gasteiger partial charge in [-0.3, -0.25) is 14.4 Å². The first-order valence-corrected chi connectivity index (χ1v) is 15.9. The maximum atomic E-state index is 12.2. The van der Waals surface area contributed by atoms with E-state index in [-0.39, 0.29) is 46.4 Å². The first-order chi connectivity index (χ1) is 18.9. The van der Waals surface area contributed by atoms with E-state index >= 15 is 0 Å². The van der Waals surface area contributed by atoms with Gasteiger partial charge in [0, 0.05) is 24.7 Å². The Hall–Kier alpha value is -1.89. The maximum absolute atomic E-state index is 12.2. The van der Waals surface area contributed by atoms with Crippen molar-refractivity contribution in [1.82, 2.24) is 0 Å². The van der Waals surface area contributed by atoms with Crippen molar-refractivity contribution in [3.8, 4) is 0 Å². The van der Waals surface area contributed by atoms with Gasteiger partial charge in [-0.1, -0.05) is 53.2 Å². The average molecular weight is 573 g/mol. The average Bonchev–Trinajstić information content (AvgIpc) is 3.13. The Morgan fingerprint density at radius 1 is 0.951 bits per heavy atom. The molecule has 0 radical (unpaired) electrons. The zero-order chi connectivity index (χ0) is 30.3. The van der Waals surface area contributed by atoms with Gasteiger partial charge in [-0.25, -0.2) is 0 Å². The van der Waals surface area contributed by atoms with Crippen molar-refractivity contribution in [2.45, 2.75) is 131 Å². The smallest absolute Gasteiger partial charge is 0.304 e. The third-order valence-electron chi connectivity index (χ3n) is 13.4. The first-order valence-electron chi connectivity index (χ1n) is 15.9. The summed E-state index contributed by atoms with van der Waals surface area (Å²) >= 11 is 0. The normalized spacial score (nSPS) is 46.3. The van der Waals surface area contributed by atoms with Gasteiger partial charge in [0.1, 0.15) is 12.2 Å². The van der Waals surface area contributed by atoms with E-state index in [1.165, 1.54) is 19.4 Å². The molecule has 0 amide bonds. The van der Waals surface area contributed by atoms with Crippen LogP contribution in [-0.2, 0) is 23.9 Å². The molecule has 0 aromatic carbocycles. The van der Waals surface area contributed by atoms with Gasteiger partial charge in [-0.2, -0.15) is 0 Å². The maximum Gasteiger partial charge on any atom is 0.304 e. The molecule has 230 valence electrons. The molecule has 41 heavy (non-hydrogen) atoms. The summed E-state index contributed by atoms with van der Waals surface area (Å²) in [5.41, 5.74) is -0.741. The number of carboxylic acid groups (broad SMARTS) is 1. The van der Waals surface area contributed by atoms with E-state index in [1.54, 1.807) is 0 Å². The lowest BCUT2D eigenvalue weighted by molar-refractivity contribution is -0.230. The van der Waals surface area contributed by atoms with Crippen LogP contribution in [0.4, 0.5) is 0 Å². The van der Waals surface area contributed by atoms with E-state index in [4.69, 9.17) is 9.47 Å². The molecular weight excluding hydrogens is 520 g/mol. The van der Waals surface area contributed by atoms with Gasteiger partial charge in [-0.15, -0.1) is 0 Å². The zero-order valence-electron chi connectivity index (χ0n) is 26.4. The number of esters is 2. The van der Waals surface area contributed by atoms with Crippen molar-refractivity contribution in [2.75, 3.05) is 0 Å². The molecule has 0 saturated heterocycles. The summed E-state index contributed by atoms with van der Waals surface area (Å²) in [4.78, 5) is 36.6. The van der Waals surface area contributed by atoms with E-state index in [9.17, 15) is 24.6 Å². The number of hydrogen-bond acceptors (Lipinski definition) is 6. The number of carboxylic acids is 1. The Morgan fingerprint density at radius 3 is 2.20 bits per heavy atom. The van der Waals surface area contributed by atoms with Crippen molar-refractivity contribution in [1.29, 1.82) is 0 Å². The molecule has 4 fully saturated rings. The van der Waals surface area contributed by atoms with Crippen LogP contribution in [0.5, 0.6) is 0 Å². The van der Waals surface area contributed by atoms with Crippen LogP contribution < -0.4 is 0 Å². The van der Waals surface area contributed by atoms with Crippen molar-refractivity contribution < 1.29 is 34.1 Å². The lowest BCUT2D eigenvalue weighted by Crippen LogP contribution is -2.65. The molecule has 0 aromatic heterocycles. The van der Waals surface area contributed by atoms with Crippen LogP contribution in [0.1, 0.15) is 113 Å². The lowest BCUT2D eigenvalue weighted by Gasteiger charge is -2.67. The SMILES string of the molecule is CC(=O)O[C@H]1C[C@]2(C)[C@H]3CC=C4[C@H]5CC[C@@](O)(C(C)C)[C@]5(CC(=O)O)CC[C@@]4(C)[C@@H]3CC[C@H]2C(C)(C)[C@H]1OC(C)=O. The van der Waals surface area contributed by atoms with Crippen molar-refractivity contribution in [2.24, 2.45) is 51.2 Å². The number of allylic oxidation sites excluding steroid dienone is 2. The minimum absolute atomic E-state index is 0.00431. The van der Waals surface area contributed by atoms with Crippen LogP contribution in [0, 0.1) is 51.2 Å². The molecule has 5 aliphatic rings. The molecule has 4 saturated carbocycles. The lowest BCUT2D eigenvalue weighted by atomic mass is 9.38. The Bertz CT molecular complexity index is 1140. The van der Waals surface area contributed by atoms with Gasteiger partial charge in [-0.05, 0) is 91.8 Å². The van der Waals surface area contributed by atoms with E-state index < -0.39 is 29.2 Å². The van der Waals surface area contributed by atoms with E-state index in [2.05, 4.69) is 33.8 Å². The van der Waals surface area contributed by atoms with Crippen LogP contribution in [0.25, 0.3) is 0 Å². The van der Waals surface area contributed by atoms with Gasteiger partial charge < -0.3 is 19.7 Å². The Labute approximate surface area is 245 Å². The fourth-order valence-corrected chi connectivity index (χ4v) is 11.8. The van der Waals surface area contributed by atoms with Crippen molar-refractivity contribution in [3.05, 3.63) is 11.6 Å². The quantitative estimate of drug-likeness (QED) is 0.293. The fourth-order valence-electron chi connectivity index (χ4n) is 11.8. The monoisotopic (exact) mass is 572 g/mol. The molecule has 5 rings (SSSR count). The molecule has 7 heteroatoms. The molecule has 0 aromatic rings. The van der Waals surface area contributed by atoms with Gasteiger partial charge in [0.2, 0.25) is 0 Å². The highest BCUT2D eigenvalue weighted by atomic mass is 16.6. The molecule has 7 nitrogen and oxygen atoms in total. The van der Waals surface area contributed by atoms with Gasteiger partial charge in [0.15, 0.2) is 0 Å². The standard InChI is InChI=1S/C34H52O7/c1-19(2)34(39)14-13-25-24-10-9-23-22(31(24,7)15-16-33(25,34)18-28(37)38)11-12-27-30(5,6)29(41-21(4)36)26(40-20(3)35)17-32(23,27)8/h10,19,22-23,25-27,29,39H,9,11-18H2,1-8H3,(H,37,38)/t22-,23+,25-,26+,27+,29+,31+,32-,33+,34-/m1/s1. The number of fused-ring (bicyclic) bond motifs is 7. The second-order valence-corrected chi connectivity index (χ2v) is 15.8. The largest absolute Gasteiger partial charge is 0.481 e. The highest BCUT2D eigenvalue weighted by molar-refractivity contribution is 5.69. The highest BCUT2D eigenvalue weighted by Crippen LogP contribution is 2.73. The molecular formula is C34H52O7. The summed E-state index contributed by atoms with van der Waals surface area (Å²) in [7, 11) is 0. The number of aliphatic hydroxyl groups is 1. The summed E-state index contributed by atoms with van der Waals surface area (Å²) in [6.07, 6.45) is 8.24. The molecule has 0 aliphatic heterocycles. The number of carbonyl (C=O) groups excluding carboxylic acids is 2. The van der Waals surface area contributed by atoms with Crippen LogP contribution in [0.3, 0.4) is 0 Å². The number of carbonyl (C=O) groups is 3. The summed E-state index contributed by atoms with van der Waals surface area (Å²) < 4.78 is 11.8. The number of aliphatic carboxylic acids is 1. The molecule has 2 N–H and O–H groups in total. The first kappa shape index (κ1) is 30.6. The number of hydrogen-bond donors (Lipinski definition) is 2. The summed E-state index contributed by atoms with van der Waals surface area (Å²) in [5, 5.41) is 22.1. The molecule has 10 atom stereocenters. The Kier molecular flexibility index (Phi) is 7.32. The summed E-state index contributed by atoms with van der Waals surface area (Å²) in [6, 6.07) is 0. The Morgan fingerprint density at radius 2 is 1.61 bits per heavy atom. The summed E-state index contributed by atoms with van der Waals surface area (Å²) in [6.45, 7) is 16.1. The number of ether oxygens (including phenoxy) is 2. The Balaban J connectivity index is 1.54. The molecule has 0 unspecified atom stereocenters. The van der Waals surface area contributed by atoms with E-state index in [0.29, 0.717) is 30.6 Å². The van der Waals surface area contributed by atoms with E-state index in [1.807, 2.05) is 13.8 Å².